The summed E-state index contributed by atoms with van der Waals surface area (Å²) < 4.78 is 15.9. The average Bonchev–Trinajstić information content (AvgIpc) is 3.13. The predicted molar refractivity (Wildman–Crippen MR) is 84.3 cm³/mol. The summed E-state index contributed by atoms with van der Waals surface area (Å²) >= 11 is 0. The molecule has 1 aromatic carbocycles. The first-order valence-electron chi connectivity index (χ1n) is 7.87. The van der Waals surface area contributed by atoms with E-state index in [-0.39, 0.29) is 11.9 Å². The average molecular weight is 321 g/mol. The van der Waals surface area contributed by atoms with E-state index >= 15 is 0 Å². The molecule has 6 nitrogen and oxygen atoms in total. The van der Waals surface area contributed by atoms with Crippen molar-refractivity contribution in [2.45, 2.75) is 37.3 Å². The number of carbonyl (C=O) groups excluding carboxylic acids is 1. The van der Waals surface area contributed by atoms with Crippen molar-refractivity contribution in [3.63, 3.8) is 0 Å². The van der Waals surface area contributed by atoms with Crippen LogP contribution in [0.2, 0.25) is 0 Å². The van der Waals surface area contributed by atoms with Crippen LogP contribution >= 0.6 is 0 Å². The molecule has 0 bridgehead atoms. The van der Waals surface area contributed by atoms with Crippen LogP contribution in [0.25, 0.3) is 0 Å². The second-order valence-electron chi connectivity index (χ2n) is 6.17. The lowest BCUT2D eigenvalue weighted by atomic mass is 10.1. The smallest absolute Gasteiger partial charge is 0.258 e. The van der Waals surface area contributed by atoms with Crippen molar-refractivity contribution in [1.29, 1.82) is 0 Å². The van der Waals surface area contributed by atoms with E-state index in [1.165, 1.54) is 21.3 Å². The van der Waals surface area contributed by atoms with Gasteiger partial charge in [-0.25, -0.2) is 0 Å². The summed E-state index contributed by atoms with van der Waals surface area (Å²) in [7, 11) is 4.59. The van der Waals surface area contributed by atoms with E-state index in [1.807, 2.05) is 0 Å². The molecule has 2 aliphatic rings. The summed E-state index contributed by atoms with van der Waals surface area (Å²) in [6.45, 7) is 0.656. The highest BCUT2D eigenvalue weighted by atomic mass is 16.5. The first kappa shape index (κ1) is 15.9. The SMILES string of the molecule is COc1cc(OC)c(C(=O)N2CCCC2C2(O)CC2)cc1OC. The van der Waals surface area contributed by atoms with Gasteiger partial charge in [0, 0.05) is 18.7 Å². The Morgan fingerprint density at radius 1 is 1.13 bits per heavy atom. The number of hydrogen-bond donors (Lipinski definition) is 1. The molecule has 2 fully saturated rings. The van der Waals surface area contributed by atoms with Gasteiger partial charge in [0.2, 0.25) is 0 Å². The first-order chi connectivity index (χ1) is 11.0. The first-order valence-corrected chi connectivity index (χ1v) is 7.87. The van der Waals surface area contributed by atoms with E-state index in [1.54, 1.807) is 17.0 Å². The third-order valence-electron chi connectivity index (χ3n) is 4.83. The largest absolute Gasteiger partial charge is 0.496 e. The minimum atomic E-state index is -0.698. The van der Waals surface area contributed by atoms with Gasteiger partial charge in [-0.15, -0.1) is 0 Å². The highest BCUT2D eigenvalue weighted by Gasteiger charge is 2.52. The van der Waals surface area contributed by atoms with Gasteiger partial charge in [-0.1, -0.05) is 0 Å². The van der Waals surface area contributed by atoms with E-state index in [9.17, 15) is 9.90 Å². The number of carbonyl (C=O) groups is 1. The molecule has 0 spiro atoms. The Kier molecular flexibility index (Phi) is 4.10. The third kappa shape index (κ3) is 2.72. The van der Waals surface area contributed by atoms with Gasteiger partial charge in [0.1, 0.15) is 5.75 Å². The summed E-state index contributed by atoms with van der Waals surface area (Å²) in [5.74, 6) is 1.31. The van der Waals surface area contributed by atoms with Crippen molar-refractivity contribution in [2.24, 2.45) is 0 Å². The Hall–Kier alpha value is -1.95. The maximum atomic E-state index is 13.0. The highest BCUT2D eigenvalue weighted by Crippen LogP contribution is 2.45. The molecule has 0 aromatic heterocycles. The summed E-state index contributed by atoms with van der Waals surface area (Å²) in [5, 5.41) is 10.4. The quantitative estimate of drug-likeness (QED) is 0.896. The lowest BCUT2D eigenvalue weighted by Gasteiger charge is -2.29. The van der Waals surface area contributed by atoms with E-state index in [2.05, 4.69) is 0 Å². The number of amides is 1. The Morgan fingerprint density at radius 3 is 2.30 bits per heavy atom. The zero-order chi connectivity index (χ0) is 16.6. The minimum Gasteiger partial charge on any atom is -0.496 e. The van der Waals surface area contributed by atoms with Gasteiger partial charge in [-0.2, -0.15) is 0 Å². The van der Waals surface area contributed by atoms with Gasteiger partial charge in [-0.05, 0) is 25.7 Å². The van der Waals surface area contributed by atoms with Crippen molar-refractivity contribution in [2.75, 3.05) is 27.9 Å². The summed E-state index contributed by atoms with van der Waals surface area (Å²) in [4.78, 5) is 14.8. The second-order valence-corrected chi connectivity index (χ2v) is 6.17. The molecule has 1 amide bonds. The van der Waals surface area contributed by atoms with Gasteiger partial charge < -0.3 is 24.2 Å². The highest BCUT2D eigenvalue weighted by molar-refractivity contribution is 5.98. The molecule has 0 radical (unpaired) electrons. The fourth-order valence-electron chi connectivity index (χ4n) is 3.38. The molecular formula is C17H23NO5. The standard InChI is InChI=1S/C17H23NO5/c1-21-12-10-14(23-3)13(22-2)9-11(12)16(19)18-8-4-5-15(18)17(20)6-7-17/h9-10,15,20H,4-8H2,1-3H3. The topological polar surface area (TPSA) is 68.2 Å². The zero-order valence-corrected chi connectivity index (χ0v) is 13.8. The molecule has 1 aliphatic heterocycles. The summed E-state index contributed by atoms with van der Waals surface area (Å²) in [6, 6.07) is 3.20. The minimum absolute atomic E-state index is 0.104. The Labute approximate surface area is 135 Å². The molecule has 1 aromatic rings. The van der Waals surface area contributed by atoms with Crippen molar-refractivity contribution >= 4 is 5.91 Å². The Balaban J connectivity index is 1.95. The molecule has 1 unspecified atom stereocenters. The van der Waals surface area contributed by atoms with Gasteiger partial charge in [0.15, 0.2) is 11.5 Å². The fourth-order valence-corrected chi connectivity index (χ4v) is 3.38. The van der Waals surface area contributed by atoms with Crippen LogP contribution in [0.4, 0.5) is 0 Å². The summed E-state index contributed by atoms with van der Waals surface area (Å²) in [5.41, 5.74) is -0.267. The molecule has 1 saturated heterocycles. The molecule has 1 heterocycles. The number of benzene rings is 1. The van der Waals surface area contributed by atoms with Gasteiger partial charge in [0.25, 0.3) is 5.91 Å². The van der Waals surface area contributed by atoms with Crippen LogP contribution < -0.4 is 14.2 Å². The maximum absolute atomic E-state index is 13.0. The Bertz CT molecular complexity index is 611. The second kappa shape index (κ2) is 5.92. The lowest BCUT2D eigenvalue weighted by molar-refractivity contribution is 0.0384. The van der Waals surface area contributed by atoms with Gasteiger partial charge in [0.05, 0.1) is 38.5 Å². The molecule has 1 atom stereocenters. The van der Waals surface area contributed by atoms with Crippen LogP contribution in [0.5, 0.6) is 17.2 Å². The van der Waals surface area contributed by atoms with E-state index < -0.39 is 5.60 Å². The molecule has 126 valence electrons. The normalized spacial score (nSPS) is 21.9. The lowest BCUT2D eigenvalue weighted by Crippen LogP contribution is -2.44. The maximum Gasteiger partial charge on any atom is 0.258 e. The van der Waals surface area contributed by atoms with Gasteiger partial charge >= 0.3 is 0 Å². The molecule has 1 N–H and O–H groups in total. The number of aliphatic hydroxyl groups is 1. The molecule has 1 saturated carbocycles. The van der Waals surface area contributed by atoms with E-state index in [0.717, 1.165) is 25.7 Å². The van der Waals surface area contributed by atoms with E-state index in [4.69, 9.17) is 14.2 Å². The van der Waals surface area contributed by atoms with Crippen molar-refractivity contribution in [1.82, 2.24) is 4.90 Å². The number of nitrogens with zero attached hydrogens (tertiary/aromatic N) is 1. The van der Waals surface area contributed by atoms with Crippen LogP contribution in [0.1, 0.15) is 36.0 Å². The molecule has 23 heavy (non-hydrogen) atoms. The number of rotatable bonds is 5. The fraction of sp³-hybridized carbons (Fsp3) is 0.588. The van der Waals surface area contributed by atoms with Crippen LogP contribution in [0.3, 0.4) is 0 Å². The Morgan fingerprint density at radius 2 is 1.74 bits per heavy atom. The van der Waals surface area contributed by atoms with Crippen LogP contribution in [0, 0.1) is 0 Å². The van der Waals surface area contributed by atoms with Crippen molar-refractivity contribution in [3.05, 3.63) is 17.7 Å². The molecular weight excluding hydrogens is 298 g/mol. The third-order valence-corrected chi connectivity index (χ3v) is 4.83. The number of ether oxygens (including phenoxy) is 3. The van der Waals surface area contributed by atoms with Crippen LogP contribution in [0.15, 0.2) is 12.1 Å². The number of methoxy groups -OCH3 is 3. The van der Waals surface area contributed by atoms with E-state index in [0.29, 0.717) is 29.4 Å². The molecule has 3 rings (SSSR count). The monoisotopic (exact) mass is 321 g/mol. The van der Waals surface area contributed by atoms with Gasteiger partial charge in [-0.3, -0.25) is 4.79 Å². The number of hydrogen-bond acceptors (Lipinski definition) is 5. The van der Waals surface area contributed by atoms with Crippen LogP contribution in [-0.2, 0) is 0 Å². The molecule has 6 heteroatoms. The number of likely N-dealkylation sites (tertiary alicyclic amines) is 1. The van der Waals surface area contributed by atoms with Crippen molar-refractivity contribution < 1.29 is 24.1 Å². The van der Waals surface area contributed by atoms with Crippen molar-refractivity contribution in [3.8, 4) is 17.2 Å². The summed E-state index contributed by atoms with van der Waals surface area (Å²) in [6.07, 6.45) is 3.29. The predicted octanol–water partition coefficient (Wildman–Crippen LogP) is 1.84. The molecule has 1 aliphatic carbocycles. The zero-order valence-electron chi connectivity index (χ0n) is 13.8. The van der Waals surface area contributed by atoms with Crippen LogP contribution in [-0.4, -0.2) is 55.4 Å².